The lowest BCUT2D eigenvalue weighted by Gasteiger charge is -2.35. The fraction of sp³-hybridized carbons (Fsp3) is 0.316. The molecule has 148 valence electrons. The average Bonchev–Trinajstić information content (AvgIpc) is 2.96. The molecular formula is C19H19F2N3O4. The van der Waals surface area contributed by atoms with Crippen molar-refractivity contribution in [2.24, 2.45) is 0 Å². The molecule has 2 heterocycles. The van der Waals surface area contributed by atoms with Crippen LogP contribution in [0.4, 0.5) is 20.2 Å². The molecule has 0 atom stereocenters. The van der Waals surface area contributed by atoms with Crippen LogP contribution < -0.4 is 19.7 Å². The number of carbonyl (C=O) groups is 1. The largest absolute Gasteiger partial charge is 0.586 e. The Bertz CT molecular complexity index is 868. The van der Waals surface area contributed by atoms with Crippen molar-refractivity contribution < 1.29 is 28.2 Å². The lowest BCUT2D eigenvalue weighted by molar-refractivity contribution is -0.286. The Labute approximate surface area is 160 Å². The molecular weight excluding hydrogens is 372 g/mol. The molecule has 0 spiro atoms. The first-order valence-electron chi connectivity index (χ1n) is 8.84. The fourth-order valence-electron chi connectivity index (χ4n) is 3.26. The molecule has 1 fully saturated rings. The van der Waals surface area contributed by atoms with Crippen molar-refractivity contribution in [2.75, 3.05) is 42.9 Å². The molecule has 0 radical (unpaired) electrons. The summed E-state index contributed by atoms with van der Waals surface area (Å²) in [6, 6.07) is 11.2. The van der Waals surface area contributed by atoms with E-state index in [1.54, 1.807) is 12.1 Å². The minimum atomic E-state index is -3.68. The molecule has 0 aromatic heterocycles. The van der Waals surface area contributed by atoms with Gasteiger partial charge in [-0.2, -0.15) is 0 Å². The van der Waals surface area contributed by atoms with Crippen molar-refractivity contribution in [3.8, 4) is 17.2 Å². The van der Waals surface area contributed by atoms with E-state index in [0.717, 1.165) is 18.8 Å². The van der Waals surface area contributed by atoms with Crippen LogP contribution in [0.1, 0.15) is 0 Å². The molecule has 7 nitrogen and oxygen atoms in total. The Kier molecular flexibility index (Phi) is 4.68. The minimum Gasteiger partial charge on any atom is -0.508 e. The second-order valence-electron chi connectivity index (χ2n) is 6.66. The number of phenols is 1. The molecule has 2 aliphatic heterocycles. The first-order chi connectivity index (χ1) is 13.4. The molecule has 1 saturated heterocycles. The van der Waals surface area contributed by atoms with Crippen LogP contribution in [0.2, 0.25) is 0 Å². The van der Waals surface area contributed by atoms with E-state index >= 15 is 0 Å². The topological polar surface area (TPSA) is 74.3 Å². The first kappa shape index (κ1) is 18.3. The summed E-state index contributed by atoms with van der Waals surface area (Å²) in [7, 11) is 0. The van der Waals surface area contributed by atoms with Gasteiger partial charge in [-0.05, 0) is 36.4 Å². The van der Waals surface area contributed by atoms with Gasteiger partial charge in [0.25, 0.3) is 0 Å². The third-order valence-electron chi connectivity index (χ3n) is 4.64. The van der Waals surface area contributed by atoms with E-state index in [2.05, 4.69) is 19.7 Å². The molecule has 2 N–H and O–H groups in total. The van der Waals surface area contributed by atoms with Gasteiger partial charge in [-0.15, -0.1) is 8.78 Å². The molecule has 2 aromatic rings. The van der Waals surface area contributed by atoms with E-state index < -0.39 is 6.29 Å². The van der Waals surface area contributed by atoms with Crippen LogP contribution in [0.3, 0.4) is 0 Å². The zero-order valence-corrected chi connectivity index (χ0v) is 14.9. The lowest BCUT2D eigenvalue weighted by atomic mass is 10.2. The molecule has 1 amide bonds. The van der Waals surface area contributed by atoms with Crippen molar-refractivity contribution in [3.63, 3.8) is 0 Å². The lowest BCUT2D eigenvalue weighted by Crippen LogP contribution is -2.48. The van der Waals surface area contributed by atoms with Gasteiger partial charge < -0.3 is 24.8 Å². The van der Waals surface area contributed by atoms with Crippen LogP contribution in [0.25, 0.3) is 0 Å². The third-order valence-corrected chi connectivity index (χ3v) is 4.64. The highest BCUT2D eigenvalue weighted by molar-refractivity contribution is 5.92. The summed E-state index contributed by atoms with van der Waals surface area (Å²) >= 11 is 0. The number of halogens is 2. The maximum Gasteiger partial charge on any atom is 0.586 e. The number of nitrogens with one attached hydrogen (secondary N) is 1. The number of fused-ring (bicyclic) bond motifs is 1. The predicted octanol–water partition coefficient (Wildman–Crippen LogP) is 2.47. The normalized spacial score (nSPS) is 18.1. The van der Waals surface area contributed by atoms with E-state index in [9.17, 15) is 18.7 Å². The number of hydrogen-bond acceptors (Lipinski definition) is 6. The molecule has 0 bridgehead atoms. The van der Waals surface area contributed by atoms with Crippen LogP contribution in [0, 0.1) is 0 Å². The number of aromatic hydroxyl groups is 1. The van der Waals surface area contributed by atoms with E-state index in [1.165, 1.54) is 18.2 Å². The van der Waals surface area contributed by atoms with Gasteiger partial charge in [-0.1, -0.05) is 0 Å². The van der Waals surface area contributed by atoms with Gasteiger partial charge in [0.15, 0.2) is 11.5 Å². The Morgan fingerprint density at radius 2 is 1.71 bits per heavy atom. The van der Waals surface area contributed by atoms with Gasteiger partial charge >= 0.3 is 6.29 Å². The summed E-state index contributed by atoms with van der Waals surface area (Å²) in [4.78, 5) is 16.5. The molecule has 2 aliphatic rings. The molecule has 0 aliphatic carbocycles. The number of nitrogens with zero attached hydrogens (tertiary/aromatic N) is 2. The van der Waals surface area contributed by atoms with E-state index in [0.29, 0.717) is 18.8 Å². The van der Waals surface area contributed by atoms with Gasteiger partial charge in [-0.25, -0.2) is 0 Å². The molecule has 28 heavy (non-hydrogen) atoms. The summed E-state index contributed by atoms with van der Waals surface area (Å²) in [5, 5.41) is 12.1. The van der Waals surface area contributed by atoms with Crippen molar-refractivity contribution in [3.05, 3.63) is 42.5 Å². The highest BCUT2D eigenvalue weighted by atomic mass is 19.3. The number of hydrogen-bond donors (Lipinski definition) is 2. The Balaban J connectivity index is 1.28. The van der Waals surface area contributed by atoms with Gasteiger partial charge in [0.2, 0.25) is 5.91 Å². The van der Waals surface area contributed by atoms with Crippen LogP contribution in [0.15, 0.2) is 42.5 Å². The number of piperazine rings is 1. The first-order valence-corrected chi connectivity index (χ1v) is 8.84. The quantitative estimate of drug-likeness (QED) is 0.834. The maximum atomic E-state index is 13.1. The monoisotopic (exact) mass is 391 g/mol. The van der Waals surface area contributed by atoms with Crippen molar-refractivity contribution >= 4 is 17.3 Å². The number of phenolic OH excluding ortho intramolecular Hbond substituents is 1. The van der Waals surface area contributed by atoms with Gasteiger partial charge in [-0.3, -0.25) is 9.69 Å². The van der Waals surface area contributed by atoms with E-state index in [1.807, 2.05) is 17.0 Å². The Morgan fingerprint density at radius 1 is 1.04 bits per heavy atom. The molecule has 2 aromatic carbocycles. The van der Waals surface area contributed by atoms with Crippen molar-refractivity contribution in [1.82, 2.24) is 4.90 Å². The highest BCUT2D eigenvalue weighted by Gasteiger charge is 2.43. The summed E-state index contributed by atoms with van der Waals surface area (Å²) in [6.45, 7) is 3.14. The van der Waals surface area contributed by atoms with Crippen LogP contribution in [0.5, 0.6) is 17.2 Å². The molecule has 0 unspecified atom stereocenters. The van der Waals surface area contributed by atoms with Gasteiger partial charge in [0.1, 0.15) is 5.75 Å². The summed E-state index contributed by atoms with van der Waals surface area (Å²) in [6.07, 6.45) is -3.68. The SMILES string of the molecule is O=C(CN1CCN(c2ccc(O)cc2)CC1)Nc1ccc2c(c1)OC(F)(F)O2. The molecule has 0 saturated carbocycles. The van der Waals surface area contributed by atoms with Crippen LogP contribution in [-0.2, 0) is 4.79 Å². The number of amides is 1. The average molecular weight is 391 g/mol. The second-order valence-corrected chi connectivity index (χ2v) is 6.66. The van der Waals surface area contributed by atoms with Gasteiger partial charge in [0.05, 0.1) is 6.54 Å². The zero-order valence-electron chi connectivity index (χ0n) is 14.9. The number of anilines is 2. The number of benzene rings is 2. The zero-order chi connectivity index (χ0) is 19.7. The molecule has 9 heteroatoms. The summed E-state index contributed by atoms with van der Waals surface area (Å²) < 4.78 is 34.8. The summed E-state index contributed by atoms with van der Waals surface area (Å²) in [5.41, 5.74) is 1.40. The third kappa shape index (κ3) is 4.09. The highest BCUT2D eigenvalue weighted by Crippen LogP contribution is 2.42. The predicted molar refractivity (Wildman–Crippen MR) is 98.0 cm³/mol. The standard InChI is InChI=1S/C19H19F2N3O4/c20-19(21)27-16-6-1-13(11-17(16)28-19)22-18(26)12-23-7-9-24(10-8-23)14-2-4-15(25)5-3-14/h1-6,11,25H,7-10,12H2,(H,22,26). The second kappa shape index (κ2) is 7.16. The number of alkyl halides is 2. The Morgan fingerprint density at radius 3 is 2.43 bits per heavy atom. The Hall–Kier alpha value is -3.07. The van der Waals surface area contributed by atoms with Crippen molar-refractivity contribution in [2.45, 2.75) is 6.29 Å². The number of carbonyl (C=O) groups excluding carboxylic acids is 1. The number of rotatable bonds is 4. The van der Waals surface area contributed by atoms with E-state index in [-0.39, 0.29) is 29.7 Å². The summed E-state index contributed by atoms with van der Waals surface area (Å²) in [5.74, 6) is -0.173. The number of ether oxygens (including phenoxy) is 2. The van der Waals surface area contributed by atoms with Gasteiger partial charge in [0, 0.05) is 43.6 Å². The smallest absolute Gasteiger partial charge is 0.508 e. The minimum absolute atomic E-state index is 0.0617. The van der Waals surface area contributed by atoms with Crippen LogP contribution >= 0.6 is 0 Å². The van der Waals surface area contributed by atoms with E-state index in [4.69, 9.17) is 0 Å². The fourth-order valence-corrected chi connectivity index (χ4v) is 3.26. The van der Waals surface area contributed by atoms with Crippen LogP contribution in [-0.4, -0.2) is 54.9 Å². The maximum absolute atomic E-state index is 13.1. The molecule has 4 rings (SSSR count). The van der Waals surface area contributed by atoms with Crippen molar-refractivity contribution in [1.29, 1.82) is 0 Å².